The summed E-state index contributed by atoms with van der Waals surface area (Å²) < 4.78 is 1.05. The Kier molecular flexibility index (Phi) is 3.38. The Hall–Kier alpha value is -1.17. The Labute approximate surface area is 108 Å². The lowest BCUT2D eigenvalue weighted by Crippen LogP contribution is -2.02. The second-order valence-electron chi connectivity index (χ2n) is 3.40. The van der Waals surface area contributed by atoms with Crippen LogP contribution in [0.3, 0.4) is 0 Å². The molecule has 1 aromatic heterocycles. The van der Waals surface area contributed by atoms with Crippen molar-refractivity contribution in [3.63, 3.8) is 0 Å². The minimum atomic E-state index is 0.781. The number of halogens is 1. The molecule has 82 valence electrons. The molecule has 1 N–H and O–H groups in total. The molecule has 0 amide bonds. The Morgan fingerprint density at radius 1 is 1.12 bits per heavy atom. The van der Waals surface area contributed by atoms with Crippen LogP contribution in [0, 0.1) is 10.5 Å². The Morgan fingerprint density at radius 2 is 1.81 bits per heavy atom. The minimum absolute atomic E-state index is 0.781. The molecule has 0 aliphatic rings. The summed E-state index contributed by atoms with van der Waals surface area (Å²) in [6.45, 7) is 1.91. The standard InChI is InChI=1S/C12H12IN3/c1-8-15-11(9-6-4-3-5-7-9)10(13)12(14-2)16-8/h3-7H,1-2H3,(H,14,15,16). The first-order chi connectivity index (χ1) is 7.72. The van der Waals surface area contributed by atoms with Gasteiger partial charge in [0.25, 0.3) is 0 Å². The monoisotopic (exact) mass is 325 g/mol. The van der Waals surface area contributed by atoms with E-state index in [0.29, 0.717) is 0 Å². The molecule has 0 atom stereocenters. The third kappa shape index (κ3) is 2.16. The molecule has 0 saturated carbocycles. The van der Waals surface area contributed by atoms with Crippen LogP contribution in [0.2, 0.25) is 0 Å². The van der Waals surface area contributed by atoms with E-state index in [4.69, 9.17) is 0 Å². The molecule has 4 heteroatoms. The van der Waals surface area contributed by atoms with Gasteiger partial charge in [0.1, 0.15) is 11.6 Å². The summed E-state index contributed by atoms with van der Waals surface area (Å²) in [5.74, 6) is 1.66. The van der Waals surface area contributed by atoms with Gasteiger partial charge >= 0.3 is 0 Å². The molecule has 16 heavy (non-hydrogen) atoms. The number of nitrogens with one attached hydrogen (secondary N) is 1. The molecule has 3 nitrogen and oxygen atoms in total. The lowest BCUT2D eigenvalue weighted by atomic mass is 10.1. The number of anilines is 1. The summed E-state index contributed by atoms with van der Waals surface area (Å²) >= 11 is 2.27. The fourth-order valence-corrected chi connectivity index (χ4v) is 2.33. The molecule has 0 aliphatic carbocycles. The van der Waals surface area contributed by atoms with Crippen molar-refractivity contribution in [3.05, 3.63) is 39.7 Å². The highest BCUT2D eigenvalue weighted by molar-refractivity contribution is 14.1. The van der Waals surface area contributed by atoms with Crippen LogP contribution in [0.5, 0.6) is 0 Å². The van der Waals surface area contributed by atoms with Crippen molar-refractivity contribution < 1.29 is 0 Å². The average molecular weight is 325 g/mol. The lowest BCUT2D eigenvalue weighted by Gasteiger charge is -2.09. The van der Waals surface area contributed by atoms with Crippen molar-refractivity contribution in [2.75, 3.05) is 12.4 Å². The van der Waals surface area contributed by atoms with Crippen LogP contribution in [0.25, 0.3) is 11.3 Å². The molecular weight excluding hydrogens is 313 g/mol. The lowest BCUT2D eigenvalue weighted by molar-refractivity contribution is 1.05. The number of nitrogens with zero attached hydrogens (tertiary/aromatic N) is 2. The van der Waals surface area contributed by atoms with Crippen molar-refractivity contribution in [3.8, 4) is 11.3 Å². The van der Waals surface area contributed by atoms with Gasteiger partial charge in [-0.05, 0) is 29.5 Å². The fraction of sp³-hybridized carbons (Fsp3) is 0.167. The molecule has 0 unspecified atom stereocenters. The van der Waals surface area contributed by atoms with Crippen LogP contribution in [0.1, 0.15) is 5.82 Å². The first kappa shape index (κ1) is 11.3. The Bertz CT molecular complexity index is 497. The summed E-state index contributed by atoms with van der Waals surface area (Å²) in [5.41, 5.74) is 2.10. The quantitative estimate of drug-likeness (QED) is 0.862. The van der Waals surface area contributed by atoms with Crippen LogP contribution in [0.4, 0.5) is 5.82 Å². The van der Waals surface area contributed by atoms with E-state index in [1.54, 1.807) is 0 Å². The molecule has 0 bridgehead atoms. The molecule has 2 aromatic rings. The molecule has 1 aromatic carbocycles. The van der Waals surface area contributed by atoms with Crippen molar-refractivity contribution in [2.24, 2.45) is 0 Å². The van der Waals surface area contributed by atoms with E-state index in [9.17, 15) is 0 Å². The molecule has 2 rings (SSSR count). The van der Waals surface area contributed by atoms with Crippen molar-refractivity contribution in [2.45, 2.75) is 6.92 Å². The smallest absolute Gasteiger partial charge is 0.143 e. The highest BCUT2D eigenvalue weighted by Gasteiger charge is 2.10. The van der Waals surface area contributed by atoms with Gasteiger partial charge in [-0.1, -0.05) is 30.3 Å². The predicted octanol–water partition coefficient (Wildman–Crippen LogP) is 3.10. The maximum absolute atomic E-state index is 4.49. The molecule has 0 spiro atoms. The normalized spacial score (nSPS) is 10.2. The second-order valence-corrected chi connectivity index (χ2v) is 4.48. The molecular formula is C12H12IN3. The van der Waals surface area contributed by atoms with Crippen LogP contribution < -0.4 is 5.32 Å². The van der Waals surface area contributed by atoms with Gasteiger partial charge in [0.2, 0.25) is 0 Å². The van der Waals surface area contributed by atoms with Crippen molar-refractivity contribution in [1.82, 2.24) is 9.97 Å². The molecule has 0 radical (unpaired) electrons. The van der Waals surface area contributed by atoms with Gasteiger partial charge in [-0.25, -0.2) is 9.97 Å². The maximum atomic E-state index is 4.49. The average Bonchev–Trinajstić information content (AvgIpc) is 2.33. The number of benzene rings is 1. The number of hydrogen-bond donors (Lipinski definition) is 1. The third-order valence-electron chi connectivity index (χ3n) is 2.25. The predicted molar refractivity (Wildman–Crippen MR) is 74.5 cm³/mol. The van der Waals surface area contributed by atoms with Crippen LogP contribution in [-0.2, 0) is 0 Å². The molecule has 0 saturated heterocycles. The van der Waals surface area contributed by atoms with E-state index in [1.165, 1.54) is 0 Å². The van der Waals surface area contributed by atoms with Gasteiger partial charge < -0.3 is 5.32 Å². The number of aromatic nitrogens is 2. The van der Waals surface area contributed by atoms with Crippen molar-refractivity contribution >= 4 is 28.4 Å². The third-order valence-corrected chi connectivity index (χ3v) is 3.27. The highest BCUT2D eigenvalue weighted by Crippen LogP contribution is 2.27. The fourth-order valence-electron chi connectivity index (χ4n) is 1.51. The molecule has 1 heterocycles. The van der Waals surface area contributed by atoms with Crippen molar-refractivity contribution in [1.29, 1.82) is 0 Å². The summed E-state index contributed by atoms with van der Waals surface area (Å²) in [6, 6.07) is 10.2. The van der Waals surface area contributed by atoms with E-state index in [1.807, 2.05) is 32.2 Å². The summed E-state index contributed by atoms with van der Waals surface area (Å²) in [6.07, 6.45) is 0. The van der Waals surface area contributed by atoms with Gasteiger partial charge in [0.05, 0.1) is 9.26 Å². The van der Waals surface area contributed by atoms with Gasteiger partial charge in [0.15, 0.2) is 0 Å². The van der Waals surface area contributed by atoms with E-state index >= 15 is 0 Å². The zero-order valence-corrected chi connectivity index (χ0v) is 11.3. The van der Waals surface area contributed by atoms with E-state index in [0.717, 1.165) is 26.5 Å². The zero-order chi connectivity index (χ0) is 11.5. The van der Waals surface area contributed by atoms with Gasteiger partial charge in [0, 0.05) is 12.6 Å². The van der Waals surface area contributed by atoms with E-state index < -0.39 is 0 Å². The summed E-state index contributed by atoms with van der Waals surface area (Å²) in [7, 11) is 1.87. The number of aryl methyl sites for hydroxylation is 1. The first-order valence-corrected chi connectivity index (χ1v) is 6.07. The zero-order valence-electron chi connectivity index (χ0n) is 9.16. The summed E-state index contributed by atoms with van der Waals surface area (Å²) in [4.78, 5) is 8.84. The van der Waals surface area contributed by atoms with Crippen LogP contribution in [-0.4, -0.2) is 17.0 Å². The minimum Gasteiger partial charge on any atom is -0.372 e. The molecule has 0 aliphatic heterocycles. The second kappa shape index (κ2) is 4.78. The van der Waals surface area contributed by atoms with Gasteiger partial charge in [-0.3, -0.25) is 0 Å². The number of rotatable bonds is 2. The topological polar surface area (TPSA) is 37.8 Å². The Morgan fingerprint density at radius 3 is 2.44 bits per heavy atom. The van der Waals surface area contributed by atoms with Gasteiger partial charge in [-0.15, -0.1) is 0 Å². The van der Waals surface area contributed by atoms with Crippen LogP contribution in [0.15, 0.2) is 30.3 Å². The maximum Gasteiger partial charge on any atom is 0.143 e. The number of hydrogen-bond acceptors (Lipinski definition) is 3. The van der Waals surface area contributed by atoms with E-state index in [-0.39, 0.29) is 0 Å². The SMILES string of the molecule is CNc1nc(C)nc(-c2ccccc2)c1I. The Balaban J connectivity index is 2.61. The van der Waals surface area contributed by atoms with Gasteiger partial charge in [-0.2, -0.15) is 0 Å². The largest absolute Gasteiger partial charge is 0.372 e. The first-order valence-electron chi connectivity index (χ1n) is 4.99. The molecule has 0 fully saturated rings. The van der Waals surface area contributed by atoms with E-state index in [2.05, 4.69) is 50.0 Å². The summed E-state index contributed by atoms with van der Waals surface area (Å²) in [5, 5.41) is 3.09. The highest BCUT2D eigenvalue weighted by atomic mass is 127. The van der Waals surface area contributed by atoms with Crippen LogP contribution >= 0.6 is 22.6 Å².